The van der Waals surface area contributed by atoms with Crippen LogP contribution in [0.2, 0.25) is 5.02 Å². The molecule has 1 aromatic carbocycles. The van der Waals surface area contributed by atoms with Crippen molar-refractivity contribution in [2.24, 2.45) is 11.8 Å². The van der Waals surface area contributed by atoms with Gasteiger partial charge >= 0.3 is 0 Å². The van der Waals surface area contributed by atoms with Crippen molar-refractivity contribution in [1.82, 2.24) is 14.6 Å². The van der Waals surface area contributed by atoms with E-state index in [0.29, 0.717) is 35.8 Å². The van der Waals surface area contributed by atoms with Crippen molar-refractivity contribution in [3.05, 3.63) is 23.2 Å². The topological polar surface area (TPSA) is 78.7 Å². The second-order valence-electron chi connectivity index (χ2n) is 7.68. The van der Waals surface area contributed by atoms with Crippen LogP contribution in [0.15, 0.2) is 22.6 Å². The number of oxazole rings is 1. The molecule has 1 N–H and O–H groups in total. The summed E-state index contributed by atoms with van der Waals surface area (Å²) in [7, 11) is -0.915. The van der Waals surface area contributed by atoms with Gasteiger partial charge in [-0.1, -0.05) is 11.6 Å². The van der Waals surface area contributed by atoms with Gasteiger partial charge in [0.15, 0.2) is 5.58 Å². The third kappa shape index (κ3) is 4.50. The number of carbonyl (C=O) groups is 1. The summed E-state index contributed by atoms with van der Waals surface area (Å²) in [6, 6.07) is 6.10. The third-order valence-electron chi connectivity index (χ3n) is 5.57. The standard InChI is InChI=1S/C19H25ClN4O3S/c1-28(26)24-11-14(12-24)8-18(25)21-10-13-4-6-23(7-5-13)19-22-16-9-15(20)2-3-17(16)27-19/h2-3,9,13-14H,4-8,10-12H2,1H3,(H,21,25). The molecule has 2 fully saturated rings. The molecule has 0 radical (unpaired) electrons. The van der Waals surface area contributed by atoms with Gasteiger partial charge in [-0.2, -0.15) is 4.98 Å². The Labute approximate surface area is 172 Å². The van der Waals surface area contributed by atoms with Gasteiger partial charge in [0.2, 0.25) is 5.91 Å². The van der Waals surface area contributed by atoms with Crippen molar-refractivity contribution in [1.29, 1.82) is 0 Å². The van der Waals surface area contributed by atoms with E-state index in [9.17, 15) is 9.00 Å². The van der Waals surface area contributed by atoms with Crippen LogP contribution < -0.4 is 10.2 Å². The van der Waals surface area contributed by atoms with E-state index < -0.39 is 11.0 Å². The van der Waals surface area contributed by atoms with Crippen LogP contribution >= 0.6 is 11.6 Å². The highest BCUT2D eigenvalue weighted by atomic mass is 35.5. The highest BCUT2D eigenvalue weighted by Crippen LogP contribution is 2.28. The highest BCUT2D eigenvalue weighted by molar-refractivity contribution is 7.81. The summed E-state index contributed by atoms with van der Waals surface area (Å²) in [5.41, 5.74) is 1.52. The molecule has 2 aliphatic heterocycles. The molecule has 3 heterocycles. The minimum absolute atomic E-state index is 0.102. The molecule has 1 aromatic heterocycles. The molecule has 1 amide bonds. The first-order valence-corrected chi connectivity index (χ1v) is 11.5. The zero-order chi connectivity index (χ0) is 19.7. The number of fused-ring (bicyclic) bond motifs is 1. The van der Waals surface area contributed by atoms with Gasteiger partial charge in [0.25, 0.3) is 6.01 Å². The maximum Gasteiger partial charge on any atom is 0.298 e. The summed E-state index contributed by atoms with van der Waals surface area (Å²) in [4.78, 5) is 18.8. The summed E-state index contributed by atoms with van der Waals surface area (Å²) < 4.78 is 19.0. The normalized spacial score (nSPS) is 20.3. The van der Waals surface area contributed by atoms with Gasteiger partial charge < -0.3 is 14.6 Å². The summed E-state index contributed by atoms with van der Waals surface area (Å²) in [6.07, 6.45) is 4.19. The lowest BCUT2D eigenvalue weighted by Crippen LogP contribution is -2.49. The molecule has 152 valence electrons. The van der Waals surface area contributed by atoms with E-state index in [4.69, 9.17) is 16.0 Å². The fourth-order valence-corrected chi connectivity index (χ4v) is 4.81. The molecule has 7 nitrogen and oxygen atoms in total. The SMILES string of the molecule is CS(=O)N1CC(CC(=O)NCC2CCN(c3nc4cc(Cl)ccc4o3)CC2)C1. The van der Waals surface area contributed by atoms with Crippen molar-refractivity contribution < 1.29 is 13.4 Å². The van der Waals surface area contributed by atoms with Gasteiger partial charge in [-0.15, -0.1) is 0 Å². The smallest absolute Gasteiger partial charge is 0.298 e. The van der Waals surface area contributed by atoms with Gasteiger partial charge in [0.1, 0.15) is 5.52 Å². The van der Waals surface area contributed by atoms with Gasteiger partial charge in [-0.25, -0.2) is 8.51 Å². The Morgan fingerprint density at radius 2 is 2.07 bits per heavy atom. The predicted molar refractivity (Wildman–Crippen MR) is 111 cm³/mol. The molecule has 2 saturated heterocycles. The number of hydrogen-bond acceptors (Lipinski definition) is 5. The number of rotatable bonds is 6. The minimum atomic E-state index is -0.915. The molecule has 9 heteroatoms. The van der Waals surface area contributed by atoms with Crippen molar-refractivity contribution in [2.75, 3.05) is 43.9 Å². The number of benzene rings is 1. The molecule has 1 atom stereocenters. The highest BCUT2D eigenvalue weighted by Gasteiger charge is 2.31. The number of aromatic nitrogens is 1. The zero-order valence-electron chi connectivity index (χ0n) is 15.9. The Kier molecular flexibility index (Phi) is 5.89. The van der Waals surface area contributed by atoms with E-state index in [1.54, 1.807) is 12.3 Å². The maximum atomic E-state index is 12.1. The summed E-state index contributed by atoms with van der Waals surface area (Å²) in [6.45, 7) is 3.95. The summed E-state index contributed by atoms with van der Waals surface area (Å²) in [5.74, 6) is 0.906. The first-order chi connectivity index (χ1) is 13.5. The molecule has 0 saturated carbocycles. The fraction of sp³-hybridized carbons (Fsp3) is 0.579. The van der Waals surface area contributed by atoms with Crippen LogP contribution in [0.4, 0.5) is 6.01 Å². The number of piperidine rings is 1. The first kappa shape index (κ1) is 19.7. The Bertz CT molecular complexity index is 875. The summed E-state index contributed by atoms with van der Waals surface area (Å²) >= 11 is 6.01. The Morgan fingerprint density at radius 1 is 1.32 bits per heavy atom. The second kappa shape index (κ2) is 8.39. The average molecular weight is 425 g/mol. The van der Waals surface area contributed by atoms with E-state index in [2.05, 4.69) is 15.2 Å². The van der Waals surface area contributed by atoms with E-state index >= 15 is 0 Å². The maximum absolute atomic E-state index is 12.1. The van der Waals surface area contributed by atoms with Crippen molar-refractivity contribution >= 4 is 45.6 Å². The van der Waals surface area contributed by atoms with Crippen LogP contribution in [0, 0.1) is 11.8 Å². The first-order valence-electron chi connectivity index (χ1n) is 9.64. The van der Waals surface area contributed by atoms with Gasteiger partial charge in [-0.05, 0) is 42.9 Å². The molecule has 0 spiro atoms. The van der Waals surface area contributed by atoms with E-state index in [1.165, 1.54) is 0 Å². The Hall–Kier alpha value is -1.64. The number of anilines is 1. The number of carbonyl (C=O) groups excluding carboxylic acids is 1. The summed E-state index contributed by atoms with van der Waals surface area (Å²) in [5, 5.41) is 3.72. The van der Waals surface area contributed by atoms with E-state index in [0.717, 1.165) is 50.1 Å². The molecule has 4 rings (SSSR count). The van der Waals surface area contributed by atoms with Gasteiger partial charge in [-0.3, -0.25) is 4.79 Å². The zero-order valence-corrected chi connectivity index (χ0v) is 17.5. The van der Waals surface area contributed by atoms with Crippen LogP contribution in [0.5, 0.6) is 0 Å². The van der Waals surface area contributed by atoms with Crippen LogP contribution in [-0.4, -0.2) is 58.4 Å². The van der Waals surface area contributed by atoms with Crippen LogP contribution in [-0.2, 0) is 15.8 Å². The van der Waals surface area contributed by atoms with Crippen LogP contribution in [0.3, 0.4) is 0 Å². The number of nitrogens with zero attached hydrogens (tertiary/aromatic N) is 3. The monoisotopic (exact) mass is 424 g/mol. The molecule has 0 bridgehead atoms. The van der Waals surface area contributed by atoms with Crippen LogP contribution in [0.1, 0.15) is 19.3 Å². The number of halogens is 1. The van der Waals surface area contributed by atoms with E-state index in [-0.39, 0.29) is 5.91 Å². The Morgan fingerprint density at radius 3 is 2.79 bits per heavy atom. The molecule has 2 aromatic rings. The molecule has 28 heavy (non-hydrogen) atoms. The van der Waals surface area contributed by atoms with Crippen LogP contribution in [0.25, 0.3) is 11.1 Å². The van der Waals surface area contributed by atoms with Crippen molar-refractivity contribution in [3.63, 3.8) is 0 Å². The lowest BCUT2D eigenvalue weighted by Gasteiger charge is -2.36. The molecular formula is C19H25ClN4O3S. The Balaban J connectivity index is 1.20. The fourth-order valence-electron chi connectivity index (χ4n) is 3.81. The lowest BCUT2D eigenvalue weighted by molar-refractivity contribution is -0.123. The van der Waals surface area contributed by atoms with Gasteiger partial charge in [0, 0.05) is 50.4 Å². The van der Waals surface area contributed by atoms with E-state index in [1.807, 2.05) is 16.4 Å². The number of hydrogen-bond donors (Lipinski definition) is 1. The number of nitrogens with one attached hydrogen (secondary N) is 1. The quantitative estimate of drug-likeness (QED) is 0.770. The molecular weight excluding hydrogens is 400 g/mol. The van der Waals surface area contributed by atoms with Crippen molar-refractivity contribution in [3.8, 4) is 0 Å². The molecule has 0 aliphatic carbocycles. The van der Waals surface area contributed by atoms with Gasteiger partial charge in [0.05, 0.1) is 11.0 Å². The molecule has 2 aliphatic rings. The largest absolute Gasteiger partial charge is 0.423 e. The third-order valence-corrected chi connectivity index (χ3v) is 6.83. The minimum Gasteiger partial charge on any atom is -0.423 e. The van der Waals surface area contributed by atoms with Crippen molar-refractivity contribution in [2.45, 2.75) is 19.3 Å². The molecule has 1 unspecified atom stereocenters. The second-order valence-corrected chi connectivity index (χ2v) is 9.48. The predicted octanol–water partition coefficient (Wildman–Crippen LogP) is 2.43. The number of amides is 1. The average Bonchev–Trinajstić information content (AvgIpc) is 3.05. The lowest BCUT2D eigenvalue weighted by atomic mass is 9.96.